The predicted molar refractivity (Wildman–Crippen MR) is 90.2 cm³/mol. The van der Waals surface area contributed by atoms with Gasteiger partial charge in [0.2, 0.25) is 0 Å². The lowest BCUT2D eigenvalue weighted by Gasteiger charge is -2.16. The molecule has 0 radical (unpaired) electrons. The summed E-state index contributed by atoms with van der Waals surface area (Å²) in [5.74, 6) is -0.0366. The minimum absolute atomic E-state index is 0.199. The van der Waals surface area contributed by atoms with Crippen molar-refractivity contribution in [2.24, 2.45) is 11.7 Å². The summed E-state index contributed by atoms with van der Waals surface area (Å²) in [6.07, 6.45) is 13.8. The molecule has 21 heavy (non-hydrogen) atoms. The molecular weight excluding hydrogens is 262 g/mol. The molecule has 3 heteroatoms. The van der Waals surface area contributed by atoms with Crippen LogP contribution < -0.4 is 5.73 Å². The Morgan fingerprint density at radius 2 is 1.38 bits per heavy atom. The third-order valence-electron chi connectivity index (χ3n) is 4.27. The fourth-order valence-electron chi connectivity index (χ4n) is 2.34. The first kappa shape index (κ1) is 20.4. The van der Waals surface area contributed by atoms with Crippen LogP contribution in [0.25, 0.3) is 0 Å². The first-order valence-corrected chi connectivity index (χ1v) is 9.05. The number of rotatable bonds is 14. The molecule has 0 aliphatic heterocycles. The van der Waals surface area contributed by atoms with Gasteiger partial charge in [0.1, 0.15) is 6.04 Å². The molecule has 3 nitrogen and oxygen atoms in total. The molecule has 0 saturated heterocycles. The molecule has 0 aromatic heterocycles. The van der Waals surface area contributed by atoms with E-state index in [4.69, 9.17) is 10.5 Å². The molecular formula is C18H37NO2. The van der Waals surface area contributed by atoms with Crippen molar-refractivity contribution in [3.05, 3.63) is 0 Å². The average molecular weight is 299 g/mol. The Hall–Kier alpha value is -0.570. The van der Waals surface area contributed by atoms with Crippen LogP contribution in [0, 0.1) is 5.92 Å². The van der Waals surface area contributed by atoms with Gasteiger partial charge in [-0.3, -0.25) is 4.79 Å². The maximum absolute atomic E-state index is 11.7. The largest absolute Gasteiger partial charge is 0.465 e. The second-order valence-electron chi connectivity index (χ2n) is 6.26. The smallest absolute Gasteiger partial charge is 0.323 e. The number of carbonyl (C=O) groups is 1. The van der Waals surface area contributed by atoms with Gasteiger partial charge in [0.05, 0.1) is 6.61 Å². The molecule has 126 valence electrons. The van der Waals surface area contributed by atoms with E-state index >= 15 is 0 Å². The Morgan fingerprint density at radius 3 is 1.86 bits per heavy atom. The lowest BCUT2D eigenvalue weighted by Crippen LogP contribution is -2.38. The molecule has 0 aliphatic rings. The summed E-state index contributed by atoms with van der Waals surface area (Å²) in [5, 5.41) is 0. The highest BCUT2D eigenvalue weighted by molar-refractivity contribution is 5.75. The fraction of sp³-hybridized carbons (Fsp3) is 0.944. The van der Waals surface area contributed by atoms with Crippen LogP contribution in [0.4, 0.5) is 0 Å². The summed E-state index contributed by atoms with van der Waals surface area (Å²) >= 11 is 0. The zero-order valence-corrected chi connectivity index (χ0v) is 14.5. The summed E-state index contributed by atoms with van der Waals surface area (Å²) in [4.78, 5) is 11.7. The van der Waals surface area contributed by atoms with Crippen LogP contribution in [0.2, 0.25) is 0 Å². The van der Waals surface area contributed by atoms with Crippen LogP contribution in [-0.2, 0) is 9.53 Å². The molecule has 2 N–H and O–H groups in total. The molecule has 0 rings (SSSR count). The molecule has 0 fully saturated rings. The van der Waals surface area contributed by atoms with Crippen molar-refractivity contribution in [3.63, 3.8) is 0 Å². The number of nitrogens with two attached hydrogens (primary N) is 1. The van der Waals surface area contributed by atoms with Crippen molar-refractivity contribution >= 4 is 5.97 Å². The van der Waals surface area contributed by atoms with Gasteiger partial charge in [-0.25, -0.2) is 0 Å². The molecule has 0 spiro atoms. The van der Waals surface area contributed by atoms with E-state index in [-0.39, 0.29) is 11.9 Å². The lowest BCUT2D eigenvalue weighted by molar-refractivity contribution is -0.146. The van der Waals surface area contributed by atoms with Crippen molar-refractivity contribution < 1.29 is 9.53 Å². The van der Waals surface area contributed by atoms with Crippen molar-refractivity contribution in [3.8, 4) is 0 Å². The van der Waals surface area contributed by atoms with Crippen LogP contribution in [0.5, 0.6) is 0 Å². The Kier molecular flexibility index (Phi) is 14.0. The van der Waals surface area contributed by atoms with Gasteiger partial charge in [-0.1, -0.05) is 85.0 Å². The van der Waals surface area contributed by atoms with Gasteiger partial charge in [0.25, 0.3) is 0 Å². The molecule has 0 aromatic rings. The first-order chi connectivity index (χ1) is 10.1. The summed E-state index contributed by atoms with van der Waals surface area (Å²) < 4.78 is 5.23. The van der Waals surface area contributed by atoms with Crippen LogP contribution in [-0.4, -0.2) is 18.6 Å². The third kappa shape index (κ3) is 11.7. The zero-order valence-electron chi connectivity index (χ0n) is 14.5. The predicted octanol–water partition coefficient (Wildman–Crippen LogP) is 4.82. The lowest BCUT2D eigenvalue weighted by atomic mass is 10.0. The normalized spacial score (nSPS) is 13.9. The number of ether oxygens (including phenoxy) is 1. The zero-order chi connectivity index (χ0) is 15.9. The molecule has 0 amide bonds. The second-order valence-corrected chi connectivity index (χ2v) is 6.26. The van der Waals surface area contributed by atoms with Crippen LogP contribution in [0.3, 0.4) is 0 Å². The minimum atomic E-state index is -0.460. The molecule has 2 atom stereocenters. The Morgan fingerprint density at radius 1 is 0.905 bits per heavy atom. The molecule has 0 saturated carbocycles. The topological polar surface area (TPSA) is 52.3 Å². The molecule has 0 bridgehead atoms. The number of unbranched alkanes of at least 4 members (excludes halogenated alkanes) is 9. The summed E-state index contributed by atoms with van der Waals surface area (Å²) in [7, 11) is 0. The highest BCUT2D eigenvalue weighted by Crippen LogP contribution is 2.11. The SMILES string of the molecule is CCCCCCCCCCCCOC(=O)C(N)C(C)CC. The van der Waals surface area contributed by atoms with Gasteiger partial charge in [-0.2, -0.15) is 0 Å². The minimum Gasteiger partial charge on any atom is -0.465 e. The van der Waals surface area contributed by atoms with Crippen LogP contribution in [0.1, 0.15) is 91.4 Å². The summed E-state index contributed by atoms with van der Waals surface area (Å²) in [5.41, 5.74) is 5.83. The first-order valence-electron chi connectivity index (χ1n) is 9.05. The van der Waals surface area contributed by atoms with Crippen molar-refractivity contribution in [2.45, 2.75) is 97.4 Å². The van der Waals surface area contributed by atoms with E-state index in [1.807, 2.05) is 13.8 Å². The second kappa shape index (κ2) is 14.4. The standard InChI is InChI=1S/C18H37NO2/c1-4-6-7-8-9-10-11-12-13-14-15-21-18(20)17(19)16(3)5-2/h16-17H,4-15,19H2,1-3H3. The highest BCUT2D eigenvalue weighted by atomic mass is 16.5. The van der Waals surface area contributed by atoms with Crippen molar-refractivity contribution in [2.75, 3.05) is 6.61 Å². The van der Waals surface area contributed by atoms with Gasteiger partial charge in [0, 0.05) is 0 Å². The Labute approximate surface area is 132 Å². The van der Waals surface area contributed by atoms with E-state index in [1.54, 1.807) is 0 Å². The number of esters is 1. The molecule has 0 aliphatic carbocycles. The van der Waals surface area contributed by atoms with E-state index in [9.17, 15) is 4.79 Å². The van der Waals surface area contributed by atoms with E-state index < -0.39 is 6.04 Å². The summed E-state index contributed by atoms with van der Waals surface area (Å²) in [6, 6.07) is -0.460. The van der Waals surface area contributed by atoms with Crippen LogP contribution in [0.15, 0.2) is 0 Å². The van der Waals surface area contributed by atoms with E-state index in [0.717, 1.165) is 19.3 Å². The number of hydrogen-bond acceptors (Lipinski definition) is 3. The van der Waals surface area contributed by atoms with E-state index in [1.165, 1.54) is 51.4 Å². The monoisotopic (exact) mass is 299 g/mol. The Bertz CT molecular complexity index is 243. The van der Waals surface area contributed by atoms with Gasteiger partial charge in [-0.15, -0.1) is 0 Å². The molecule has 0 aromatic carbocycles. The van der Waals surface area contributed by atoms with Gasteiger partial charge >= 0.3 is 5.97 Å². The number of hydrogen-bond donors (Lipinski definition) is 1. The quantitative estimate of drug-likeness (QED) is 0.369. The van der Waals surface area contributed by atoms with Gasteiger partial charge < -0.3 is 10.5 Å². The van der Waals surface area contributed by atoms with Crippen LogP contribution >= 0.6 is 0 Å². The van der Waals surface area contributed by atoms with Crippen molar-refractivity contribution in [1.82, 2.24) is 0 Å². The maximum Gasteiger partial charge on any atom is 0.323 e. The Balaban J connectivity index is 3.30. The van der Waals surface area contributed by atoms with Gasteiger partial charge in [-0.05, 0) is 12.3 Å². The average Bonchev–Trinajstić information content (AvgIpc) is 2.50. The molecule has 2 unspecified atom stereocenters. The third-order valence-corrected chi connectivity index (χ3v) is 4.27. The highest BCUT2D eigenvalue weighted by Gasteiger charge is 2.20. The fourth-order valence-corrected chi connectivity index (χ4v) is 2.34. The molecule has 0 heterocycles. The number of carbonyl (C=O) groups excluding carboxylic acids is 1. The summed E-state index contributed by atoms with van der Waals surface area (Å²) in [6.45, 7) is 6.81. The maximum atomic E-state index is 11.7. The van der Waals surface area contributed by atoms with E-state index in [2.05, 4.69) is 6.92 Å². The van der Waals surface area contributed by atoms with Crippen molar-refractivity contribution in [1.29, 1.82) is 0 Å². The van der Waals surface area contributed by atoms with Gasteiger partial charge in [0.15, 0.2) is 0 Å². The van der Waals surface area contributed by atoms with E-state index in [0.29, 0.717) is 6.61 Å².